The van der Waals surface area contributed by atoms with Crippen molar-refractivity contribution in [2.24, 2.45) is 11.5 Å². The summed E-state index contributed by atoms with van der Waals surface area (Å²) in [6.45, 7) is 3.55. The van der Waals surface area contributed by atoms with Crippen LogP contribution in [0.3, 0.4) is 0 Å². The molecule has 0 fully saturated rings. The van der Waals surface area contributed by atoms with Crippen molar-refractivity contribution in [3.05, 3.63) is 35.4 Å². The third kappa shape index (κ3) is 2.54. The summed E-state index contributed by atoms with van der Waals surface area (Å²) in [5, 5.41) is 0. The summed E-state index contributed by atoms with van der Waals surface area (Å²) in [6, 6.07) is 8.39. The Morgan fingerprint density at radius 1 is 1.23 bits per heavy atom. The second kappa shape index (κ2) is 5.00. The zero-order valence-corrected chi connectivity index (χ0v) is 8.16. The lowest BCUT2D eigenvalue weighted by molar-refractivity contribution is 0.757. The highest BCUT2D eigenvalue weighted by Crippen LogP contribution is 2.18. The van der Waals surface area contributed by atoms with Crippen LogP contribution in [0.2, 0.25) is 0 Å². The third-order valence-electron chi connectivity index (χ3n) is 2.35. The zero-order chi connectivity index (χ0) is 9.68. The van der Waals surface area contributed by atoms with Crippen LogP contribution in [0.5, 0.6) is 0 Å². The van der Waals surface area contributed by atoms with Gasteiger partial charge in [-0.25, -0.2) is 0 Å². The van der Waals surface area contributed by atoms with Crippen LogP contribution in [0, 0.1) is 0 Å². The quantitative estimate of drug-likeness (QED) is 0.729. The Morgan fingerprint density at radius 2 is 1.92 bits per heavy atom. The molecule has 0 spiro atoms. The monoisotopic (exact) mass is 178 g/mol. The molecule has 0 radical (unpaired) electrons. The molecule has 0 amide bonds. The molecule has 72 valence electrons. The Labute approximate surface area is 79.9 Å². The van der Waals surface area contributed by atoms with Gasteiger partial charge in [0.25, 0.3) is 0 Å². The molecule has 0 saturated heterocycles. The molecule has 0 aliphatic heterocycles. The summed E-state index contributed by atoms with van der Waals surface area (Å²) < 4.78 is 0. The smallest absolute Gasteiger partial charge is 0.00108 e. The minimum Gasteiger partial charge on any atom is -0.330 e. The molecule has 0 aromatic heterocycles. The minimum absolute atomic E-state index is 0.433. The molecule has 1 atom stereocenters. The van der Waals surface area contributed by atoms with Crippen LogP contribution in [0.15, 0.2) is 24.3 Å². The normalized spacial score (nSPS) is 12.8. The van der Waals surface area contributed by atoms with Crippen LogP contribution in [0.1, 0.15) is 24.0 Å². The van der Waals surface area contributed by atoms with Crippen LogP contribution in [0.4, 0.5) is 0 Å². The number of nitrogens with two attached hydrogens (primary N) is 2. The van der Waals surface area contributed by atoms with E-state index in [1.807, 2.05) is 0 Å². The van der Waals surface area contributed by atoms with Crippen molar-refractivity contribution in [2.75, 3.05) is 13.1 Å². The first-order valence-electron chi connectivity index (χ1n) is 4.77. The molecule has 0 bridgehead atoms. The van der Waals surface area contributed by atoms with E-state index in [0.717, 1.165) is 6.42 Å². The van der Waals surface area contributed by atoms with E-state index in [2.05, 4.69) is 31.2 Å². The minimum atomic E-state index is 0.433. The van der Waals surface area contributed by atoms with Gasteiger partial charge in [-0.1, -0.05) is 31.2 Å². The Hall–Kier alpha value is -0.860. The maximum Gasteiger partial charge on any atom is -0.00108 e. The molecule has 1 aromatic rings. The van der Waals surface area contributed by atoms with Crippen molar-refractivity contribution in [3.8, 4) is 0 Å². The molecule has 0 aliphatic rings. The molecular formula is C11H18N2. The van der Waals surface area contributed by atoms with E-state index >= 15 is 0 Å². The summed E-state index contributed by atoms with van der Waals surface area (Å²) in [5.74, 6) is 0.433. The SMILES string of the molecule is CC(CN)c1ccccc1CCN. The van der Waals surface area contributed by atoms with Gasteiger partial charge in [0.1, 0.15) is 0 Å². The molecule has 1 aromatic carbocycles. The molecule has 0 heterocycles. The number of rotatable bonds is 4. The van der Waals surface area contributed by atoms with Gasteiger partial charge in [-0.3, -0.25) is 0 Å². The fourth-order valence-corrected chi connectivity index (χ4v) is 1.53. The predicted octanol–water partition coefficient (Wildman–Crippen LogP) is 1.25. The lowest BCUT2D eigenvalue weighted by Gasteiger charge is -2.13. The lowest BCUT2D eigenvalue weighted by atomic mass is 9.94. The van der Waals surface area contributed by atoms with Crippen molar-refractivity contribution in [2.45, 2.75) is 19.3 Å². The van der Waals surface area contributed by atoms with Gasteiger partial charge >= 0.3 is 0 Å². The van der Waals surface area contributed by atoms with Crippen LogP contribution in [-0.4, -0.2) is 13.1 Å². The van der Waals surface area contributed by atoms with E-state index < -0.39 is 0 Å². The Balaban J connectivity index is 2.90. The van der Waals surface area contributed by atoms with Crippen molar-refractivity contribution < 1.29 is 0 Å². The first-order valence-corrected chi connectivity index (χ1v) is 4.77. The summed E-state index contributed by atoms with van der Waals surface area (Å²) >= 11 is 0. The zero-order valence-electron chi connectivity index (χ0n) is 8.16. The molecule has 2 nitrogen and oxygen atoms in total. The van der Waals surface area contributed by atoms with Crippen LogP contribution >= 0.6 is 0 Å². The first kappa shape index (κ1) is 10.2. The van der Waals surface area contributed by atoms with E-state index in [-0.39, 0.29) is 0 Å². The van der Waals surface area contributed by atoms with Gasteiger partial charge in [-0.05, 0) is 36.6 Å². The number of hydrogen-bond acceptors (Lipinski definition) is 2. The second-order valence-corrected chi connectivity index (χ2v) is 3.37. The summed E-state index contributed by atoms with van der Waals surface area (Å²) in [6.07, 6.45) is 0.945. The van der Waals surface area contributed by atoms with Crippen molar-refractivity contribution in [3.63, 3.8) is 0 Å². The maximum atomic E-state index is 5.64. The van der Waals surface area contributed by atoms with Crippen LogP contribution in [-0.2, 0) is 6.42 Å². The number of hydrogen-bond donors (Lipinski definition) is 2. The van der Waals surface area contributed by atoms with E-state index in [1.54, 1.807) is 0 Å². The van der Waals surface area contributed by atoms with E-state index in [9.17, 15) is 0 Å². The molecule has 0 saturated carbocycles. The molecule has 1 rings (SSSR count). The van der Waals surface area contributed by atoms with Gasteiger partial charge in [0.05, 0.1) is 0 Å². The van der Waals surface area contributed by atoms with Crippen molar-refractivity contribution in [1.29, 1.82) is 0 Å². The predicted molar refractivity (Wildman–Crippen MR) is 56.7 cm³/mol. The van der Waals surface area contributed by atoms with Crippen molar-refractivity contribution >= 4 is 0 Å². The van der Waals surface area contributed by atoms with Gasteiger partial charge < -0.3 is 11.5 Å². The second-order valence-electron chi connectivity index (χ2n) is 3.37. The summed E-state index contributed by atoms with van der Waals surface area (Å²) in [4.78, 5) is 0. The molecule has 0 aliphatic carbocycles. The Morgan fingerprint density at radius 3 is 2.54 bits per heavy atom. The molecule has 13 heavy (non-hydrogen) atoms. The standard InChI is InChI=1S/C11H18N2/c1-9(8-13)11-5-3-2-4-10(11)6-7-12/h2-5,9H,6-8,12-13H2,1H3. The maximum absolute atomic E-state index is 5.64. The molecular weight excluding hydrogens is 160 g/mol. The fourth-order valence-electron chi connectivity index (χ4n) is 1.53. The molecule has 4 N–H and O–H groups in total. The Kier molecular flexibility index (Phi) is 3.93. The summed E-state index contributed by atoms with van der Waals surface area (Å²) in [5.41, 5.74) is 13.9. The highest BCUT2D eigenvalue weighted by molar-refractivity contribution is 5.30. The average Bonchev–Trinajstić information content (AvgIpc) is 2.18. The van der Waals surface area contributed by atoms with Crippen molar-refractivity contribution in [1.82, 2.24) is 0 Å². The van der Waals surface area contributed by atoms with Gasteiger partial charge in [0.15, 0.2) is 0 Å². The Bertz CT molecular complexity index is 258. The lowest BCUT2D eigenvalue weighted by Crippen LogP contribution is -2.12. The highest BCUT2D eigenvalue weighted by Gasteiger charge is 2.06. The third-order valence-corrected chi connectivity index (χ3v) is 2.35. The van der Waals surface area contributed by atoms with E-state index in [4.69, 9.17) is 11.5 Å². The largest absolute Gasteiger partial charge is 0.330 e. The van der Waals surface area contributed by atoms with Gasteiger partial charge in [0.2, 0.25) is 0 Å². The van der Waals surface area contributed by atoms with E-state index in [0.29, 0.717) is 19.0 Å². The van der Waals surface area contributed by atoms with E-state index in [1.165, 1.54) is 11.1 Å². The van der Waals surface area contributed by atoms with Crippen LogP contribution < -0.4 is 11.5 Å². The first-order chi connectivity index (χ1) is 6.29. The van der Waals surface area contributed by atoms with Crippen LogP contribution in [0.25, 0.3) is 0 Å². The topological polar surface area (TPSA) is 52.0 Å². The molecule has 1 unspecified atom stereocenters. The molecule has 2 heteroatoms. The number of benzene rings is 1. The van der Waals surface area contributed by atoms with Gasteiger partial charge in [-0.15, -0.1) is 0 Å². The highest BCUT2D eigenvalue weighted by atomic mass is 14.5. The fraction of sp³-hybridized carbons (Fsp3) is 0.455. The van der Waals surface area contributed by atoms with Gasteiger partial charge in [0, 0.05) is 0 Å². The average molecular weight is 178 g/mol. The van der Waals surface area contributed by atoms with Gasteiger partial charge in [-0.2, -0.15) is 0 Å². The summed E-state index contributed by atoms with van der Waals surface area (Å²) in [7, 11) is 0.